The van der Waals surface area contributed by atoms with E-state index in [0.29, 0.717) is 12.8 Å². The first-order valence-electron chi connectivity index (χ1n) is 7.02. The van der Waals surface area contributed by atoms with Crippen LogP contribution in [0.3, 0.4) is 0 Å². The van der Waals surface area contributed by atoms with Crippen LogP contribution in [0.4, 0.5) is 0 Å². The lowest BCUT2D eigenvalue weighted by molar-refractivity contribution is -0.158. The van der Waals surface area contributed by atoms with Crippen molar-refractivity contribution in [3.8, 4) is 0 Å². The van der Waals surface area contributed by atoms with Crippen LogP contribution in [0.15, 0.2) is 24.5 Å². The number of ether oxygens (including phenoxy) is 2. The maximum Gasteiger partial charge on any atom is 0.309 e. The van der Waals surface area contributed by atoms with Crippen molar-refractivity contribution in [1.29, 1.82) is 0 Å². The van der Waals surface area contributed by atoms with Gasteiger partial charge in [-0.2, -0.15) is 0 Å². The second-order valence-electron chi connectivity index (χ2n) is 5.33. The Balaban J connectivity index is 2.05. The minimum atomic E-state index is -0.529. The molecule has 1 aromatic carbocycles. The van der Waals surface area contributed by atoms with Gasteiger partial charge in [0.1, 0.15) is 0 Å². The molecular weight excluding hydrogens is 284 g/mol. The molecule has 114 valence electrons. The molecule has 0 unspecified atom stereocenters. The number of carbonyl (C=O) groups excluding carboxylic acids is 2. The third kappa shape index (κ3) is 2.41. The molecule has 1 aromatic heterocycles. The highest BCUT2D eigenvalue weighted by Gasteiger charge is 2.39. The largest absolute Gasteiger partial charge is 0.469 e. The number of benzene rings is 1. The summed E-state index contributed by atoms with van der Waals surface area (Å²) >= 11 is 0. The van der Waals surface area contributed by atoms with E-state index in [1.54, 1.807) is 12.4 Å². The maximum atomic E-state index is 12.0. The number of aromatic nitrogens is 2. The molecule has 0 N–H and O–H groups in total. The molecule has 6 nitrogen and oxygen atoms in total. The minimum absolute atomic E-state index is 0.389. The molecular formula is C16H16N2O4. The van der Waals surface area contributed by atoms with E-state index in [1.165, 1.54) is 14.2 Å². The summed E-state index contributed by atoms with van der Waals surface area (Å²) < 4.78 is 9.68. The normalized spacial score (nSPS) is 20.3. The number of carbonyl (C=O) groups is 2. The van der Waals surface area contributed by atoms with E-state index in [0.717, 1.165) is 22.2 Å². The number of hydrogen-bond donors (Lipinski definition) is 0. The van der Waals surface area contributed by atoms with Crippen molar-refractivity contribution >= 4 is 23.0 Å². The van der Waals surface area contributed by atoms with Gasteiger partial charge in [0.2, 0.25) is 0 Å². The molecule has 3 rings (SSSR count). The predicted molar refractivity (Wildman–Crippen MR) is 78.0 cm³/mol. The van der Waals surface area contributed by atoms with Crippen LogP contribution in [0, 0.1) is 11.8 Å². The SMILES string of the molecule is COC(=O)[C@@H]1Cc2cc3nccnc3cc2C[C@H]1C(=O)OC. The van der Waals surface area contributed by atoms with E-state index in [4.69, 9.17) is 9.47 Å². The fraction of sp³-hybridized carbons (Fsp3) is 0.375. The topological polar surface area (TPSA) is 78.4 Å². The zero-order chi connectivity index (χ0) is 15.7. The lowest BCUT2D eigenvalue weighted by Crippen LogP contribution is -2.38. The summed E-state index contributed by atoms with van der Waals surface area (Å²) in [5, 5.41) is 0. The highest BCUT2D eigenvalue weighted by atomic mass is 16.5. The smallest absolute Gasteiger partial charge is 0.309 e. The van der Waals surface area contributed by atoms with Gasteiger partial charge in [0.25, 0.3) is 0 Å². The molecule has 1 aliphatic rings. The molecule has 1 aliphatic carbocycles. The Labute approximate surface area is 127 Å². The van der Waals surface area contributed by atoms with Gasteiger partial charge in [-0.1, -0.05) is 0 Å². The number of nitrogens with zero attached hydrogens (tertiary/aromatic N) is 2. The Bertz CT molecular complexity index is 682. The average molecular weight is 300 g/mol. The van der Waals surface area contributed by atoms with Crippen molar-refractivity contribution in [2.24, 2.45) is 11.8 Å². The maximum absolute atomic E-state index is 12.0. The molecule has 0 aliphatic heterocycles. The number of fused-ring (bicyclic) bond motifs is 2. The van der Waals surface area contributed by atoms with Crippen LogP contribution >= 0.6 is 0 Å². The first-order valence-corrected chi connectivity index (χ1v) is 7.02. The van der Waals surface area contributed by atoms with Gasteiger partial charge in [-0.25, -0.2) is 0 Å². The third-order valence-corrected chi connectivity index (χ3v) is 4.16. The van der Waals surface area contributed by atoms with E-state index in [1.807, 2.05) is 12.1 Å². The summed E-state index contributed by atoms with van der Waals surface area (Å²) in [5.41, 5.74) is 3.56. The van der Waals surface area contributed by atoms with Gasteiger partial charge >= 0.3 is 11.9 Å². The van der Waals surface area contributed by atoms with Crippen LogP contribution in [0.25, 0.3) is 11.0 Å². The van der Waals surface area contributed by atoms with Crippen molar-refractivity contribution in [3.63, 3.8) is 0 Å². The Morgan fingerprint density at radius 2 is 1.32 bits per heavy atom. The first-order chi connectivity index (χ1) is 10.6. The van der Waals surface area contributed by atoms with Gasteiger partial charge in [-0.05, 0) is 36.1 Å². The molecule has 2 aromatic rings. The van der Waals surface area contributed by atoms with Crippen LogP contribution in [0.1, 0.15) is 11.1 Å². The van der Waals surface area contributed by atoms with E-state index >= 15 is 0 Å². The molecule has 0 bridgehead atoms. The fourth-order valence-corrected chi connectivity index (χ4v) is 3.03. The van der Waals surface area contributed by atoms with E-state index in [-0.39, 0.29) is 11.9 Å². The summed E-state index contributed by atoms with van der Waals surface area (Å²) in [7, 11) is 2.66. The molecule has 22 heavy (non-hydrogen) atoms. The number of methoxy groups -OCH3 is 2. The van der Waals surface area contributed by atoms with Crippen LogP contribution in [-0.4, -0.2) is 36.1 Å². The third-order valence-electron chi connectivity index (χ3n) is 4.16. The Morgan fingerprint density at radius 3 is 1.68 bits per heavy atom. The van der Waals surface area contributed by atoms with E-state index in [9.17, 15) is 9.59 Å². The molecule has 0 saturated heterocycles. The molecule has 0 fully saturated rings. The molecule has 6 heteroatoms. The highest BCUT2D eigenvalue weighted by Crippen LogP contribution is 2.33. The van der Waals surface area contributed by atoms with Crippen LogP contribution in [0.5, 0.6) is 0 Å². The van der Waals surface area contributed by atoms with Gasteiger partial charge in [-0.15, -0.1) is 0 Å². The van der Waals surface area contributed by atoms with Crippen LogP contribution < -0.4 is 0 Å². The van der Waals surface area contributed by atoms with Crippen LogP contribution in [0.2, 0.25) is 0 Å². The summed E-state index contributed by atoms with van der Waals surface area (Å²) in [5.74, 6) is -1.83. The Kier molecular flexibility index (Phi) is 3.75. The standard InChI is InChI=1S/C16H16N2O4/c1-21-15(19)11-5-9-7-13-14(18-4-3-17-13)8-10(9)6-12(11)16(20)22-2/h3-4,7-8,11-12H,5-6H2,1-2H3/t11-,12-/m1/s1. The molecule has 0 spiro atoms. The average Bonchev–Trinajstić information content (AvgIpc) is 2.57. The summed E-state index contributed by atoms with van der Waals surface area (Å²) in [4.78, 5) is 32.6. The minimum Gasteiger partial charge on any atom is -0.469 e. The second-order valence-corrected chi connectivity index (χ2v) is 5.33. The fourth-order valence-electron chi connectivity index (χ4n) is 3.03. The number of hydrogen-bond acceptors (Lipinski definition) is 6. The quantitative estimate of drug-likeness (QED) is 0.778. The second kappa shape index (κ2) is 5.71. The van der Waals surface area contributed by atoms with E-state index < -0.39 is 11.8 Å². The summed E-state index contributed by atoms with van der Waals surface area (Å²) in [6.45, 7) is 0. The molecule has 0 amide bonds. The number of esters is 2. The van der Waals surface area contributed by atoms with Gasteiger partial charge in [-0.3, -0.25) is 19.6 Å². The Morgan fingerprint density at radius 1 is 0.909 bits per heavy atom. The number of rotatable bonds is 2. The monoisotopic (exact) mass is 300 g/mol. The van der Waals surface area contributed by atoms with Crippen molar-refractivity contribution < 1.29 is 19.1 Å². The first kappa shape index (κ1) is 14.4. The van der Waals surface area contributed by atoms with Crippen molar-refractivity contribution in [2.45, 2.75) is 12.8 Å². The summed E-state index contributed by atoms with van der Waals surface area (Å²) in [6, 6.07) is 3.86. The van der Waals surface area contributed by atoms with E-state index in [2.05, 4.69) is 9.97 Å². The van der Waals surface area contributed by atoms with Gasteiger partial charge in [0.15, 0.2) is 0 Å². The zero-order valence-corrected chi connectivity index (χ0v) is 12.4. The molecule has 0 radical (unpaired) electrons. The van der Waals surface area contributed by atoms with Crippen molar-refractivity contribution in [3.05, 3.63) is 35.7 Å². The Hall–Kier alpha value is -2.50. The zero-order valence-electron chi connectivity index (χ0n) is 12.4. The molecule has 0 saturated carbocycles. The van der Waals surface area contributed by atoms with Gasteiger partial charge < -0.3 is 9.47 Å². The van der Waals surface area contributed by atoms with Gasteiger partial charge in [0, 0.05) is 12.4 Å². The van der Waals surface area contributed by atoms with Gasteiger partial charge in [0.05, 0.1) is 37.1 Å². The lowest BCUT2D eigenvalue weighted by atomic mass is 9.75. The van der Waals surface area contributed by atoms with Crippen molar-refractivity contribution in [1.82, 2.24) is 9.97 Å². The highest BCUT2D eigenvalue weighted by molar-refractivity contribution is 5.84. The van der Waals surface area contributed by atoms with Crippen molar-refractivity contribution in [2.75, 3.05) is 14.2 Å². The molecule has 1 heterocycles. The van der Waals surface area contributed by atoms with Crippen LogP contribution in [-0.2, 0) is 31.9 Å². The lowest BCUT2D eigenvalue weighted by Gasteiger charge is -2.29. The summed E-state index contributed by atoms with van der Waals surface area (Å²) in [6.07, 6.45) is 4.14. The predicted octanol–water partition coefficient (Wildman–Crippen LogP) is 1.31. The molecule has 2 atom stereocenters.